The van der Waals surface area contributed by atoms with Gasteiger partial charge in [-0.25, -0.2) is 4.79 Å². The molecule has 0 saturated heterocycles. The topological polar surface area (TPSA) is 207 Å². The first-order chi connectivity index (χ1) is 18.7. The summed E-state index contributed by atoms with van der Waals surface area (Å²) in [5, 5.41) is 42.4. The number of carbonyl (C=O) groups is 4. The molecule has 40 heavy (non-hydrogen) atoms. The first-order valence-electron chi connectivity index (χ1n) is 10.7. The summed E-state index contributed by atoms with van der Waals surface area (Å²) in [4.78, 5) is 76.2. The molecule has 12 nitrogen and oxygen atoms in total. The van der Waals surface area contributed by atoms with E-state index in [4.69, 9.17) is 23.2 Å². The molecule has 2 aromatic carbocycles. The van der Waals surface area contributed by atoms with Crippen LogP contribution >= 0.6 is 45.9 Å². The number of amides is 2. The van der Waals surface area contributed by atoms with E-state index in [2.05, 4.69) is 0 Å². The highest BCUT2D eigenvalue weighted by Crippen LogP contribution is 2.31. The Balaban J connectivity index is 1.80. The Labute approximate surface area is 239 Å². The van der Waals surface area contributed by atoms with Crippen LogP contribution < -0.4 is 21.5 Å². The van der Waals surface area contributed by atoms with Crippen molar-refractivity contribution in [1.82, 2.24) is 10.6 Å². The van der Waals surface area contributed by atoms with Crippen LogP contribution in [0.15, 0.2) is 46.0 Å². The monoisotopic (exact) mass is 624 g/mol. The van der Waals surface area contributed by atoms with E-state index in [-0.39, 0.29) is 30.2 Å². The van der Waals surface area contributed by atoms with Crippen molar-refractivity contribution in [2.75, 3.05) is 0 Å². The largest absolute Gasteiger partial charge is 0.499 e. The molecule has 0 radical (unpaired) electrons. The number of fused-ring (bicyclic) bond motifs is 2. The predicted molar refractivity (Wildman–Crippen MR) is 147 cm³/mol. The van der Waals surface area contributed by atoms with Crippen molar-refractivity contribution in [3.05, 3.63) is 78.0 Å². The molecule has 4 aromatic rings. The lowest BCUT2D eigenvalue weighted by Gasteiger charge is -2.30. The van der Waals surface area contributed by atoms with Gasteiger partial charge >= 0.3 is 11.9 Å². The van der Waals surface area contributed by atoms with E-state index in [1.807, 2.05) is 0 Å². The molecule has 0 aliphatic rings. The van der Waals surface area contributed by atoms with Gasteiger partial charge in [0.05, 0.1) is 6.42 Å². The maximum absolute atomic E-state index is 13.1. The number of halogens is 2. The summed E-state index contributed by atoms with van der Waals surface area (Å²) in [6, 6.07) is 7.92. The predicted octanol–water partition coefficient (Wildman–Crippen LogP) is 2.97. The SMILES string of the molecule is O=C(O)CC(NC(=O)c1c(O)sc2cc(Cl)ccc2c1=O)(NC(=O)c1c(O)sc2cc(Cl)ccc2c1=O)C(=O)O. The molecular weight excluding hydrogens is 611 g/mol. The number of nitrogens with one attached hydrogen (secondary N) is 2. The highest BCUT2D eigenvalue weighted by Gasteiger charge is 2.46. The number of rotatable bonds is 7. The first-order valence-corrected chi connectivity index (χ1v) is 13.1. The second-order valence-electron chi connectivity index (χ2n) is 8.19. The normalized spacial score (nSPS) is 11.3. The van der Waals surface area contributed by atoms with E-state index in [0.29, 0.717) is 22.7 Å². The average molecular weight is 625 g/mol. The molecule has 2 heterocycles. The van der Waals surface area contributed by atoms with Gasteiger partial charge in [0.15, 0.2) is 10.1 Å². The third kappa shape index (κ3) is 5.29. The number of hydrogen-bond acceptors (Lipinski definition) is 10. The maximum atomic E-state index is 13.1. The van der Waals surface area contributed by atoms with Crippen molar-refractivity contribution >= 4 is 89.8 Å². The molecule has 4 rings (SSSR count). The zero-order valence-electron chi connectivity index (χ0n) is 19.5. The number of benzene rings is 2. The fourth-order valence-corrected chi connectivity index (χ4v) is 6.13. The Morgan fingerprint density at radius 2 is 1.15 bits per heavy atom. The smallest absolute Gasteiger partial charge is 0.351 e. The molecule has 0 aliphatic heterocycles. The second-order valence-corrected chi connectivity index (χ2v) is 11.1. The van der Waals surface area contributed by atoms with Gasteiger partial charge in [-0.1, -0.05) is 45.9 Å². The molecule has 0 saturated carbocycles. The van der Waals surface area contributed by atoms with Gasteiger partial charge in [-0.2, -0.15) is 0 Å². The number of aromatic hydroxyl groups is 2. The summed E-state index contributed by atoms with van der Waals surface area (Å²) in [6.45, 7) is 0. The van der Waals surface area contributed by atoms with E-state index in [1.165, 1.54) is 36.4 Å². The van der Waals surface area contributed by atoms with Gasteiger partial charge < -0.3 is 31.1 Å². The number of hydrogen-bond donors (Lipinski definition) is 6. The lowest BCUT2D eigenvalue weighted by molar-refractivity contribution is -0.152. The van der Waals surface area contributed by atoms with Crippen LogP contribution in [0, 0.1) is 0 Å². The van der Waals surface area contributed by atoms with E-state index >= 15 is 0 Å². The molecule has 0 atom stereocenters. The lowest BCUT2D eigenvalue weighted by atomic mass is 10.0. The maximum Gasteiger partial charge on any atom is 0.351 e. The van der Waals surface area contributed by atoms with Gasteiger partial charge in [0, 0.05) is 30.2 Å². The summed E-state index contributed by atoms with van der Waals surface area (Å²) < 4.78 is 0.402. The molecule has 0 unspecified atom stereocenters. The summed E-state index contributed by atoms with van der Waals surface area (Å²) in [7, 11) is 0. The zero-order valence-corrected chi connectivity index (χ0v) is 22.6. The standard InChI is InChI=1S/C24H14Cl2N2O10S2/c25-8-1-3-10-12(5-8)39-21(35)15(17(10)31)19(33)27-24(23(37)38,7-14(29)30)28-20(34)16-18(32)11-4-2-9(26)6-13(11)40-22(16)36/h1-6,35-36H,7H2,(H,27,33)(H,28,34)(H,29,30)(H,37,38). The Bertz CT molecular complexity index is 1770. The van der Waals surface area contributed by atoms with Crippen LogP contribution in [0.4, 0.5) is 0 Å². The van der Waals surface area contributed by atoms with Crippen LogP contribution in [0.25, 0.3) is 20.2 Å². The summed E-state index contributed by atoms with van der Waals surface area (Å²) in [5.41, 5.74) is -7.06. The minimum atomic E-state index is -3.14. The fourth-order valence-electron chi connectivity index (χ4n) is 3.75. The summed E-state index contributed by atoms with van der Waals surface area (Å²) >= 11 is 12.9. The number of carboxylic acid groups (broad SMARTS) is 2. The van der Waals surface area contributed by atoms with Crippen LogP contribution in [-0.4, -0.2) is 49.8 Å². The molecule has 0 aliphatic carbocycles. The quantitative estimate of drug-likeness (QED) is 0.166. The van der Waals surface area contributed by atoms with E-state index < -0.39 is 67.9 Å². The number of carboxylic acids is 2. The number of aliphatic carboxylic acids is 2. The van der Waals surface area contributed by atoms with Crippen molar-refractivity contribution in [3.8, 4) is 10.1 Å². The highest BCUT2D eigenvalue weighted by molar-refractivity contribution is 7.20. The Morgan fingerprint density at radius 3 is 1.50 bits per heavy atom. The molecule has 0 fully saturated rings. The summed E-state index contributed by atoms with van der Waals surface area (Å²) in [5.74, 6) is -6.99. The molecule has 206 valence electrons. The third-order valence-corrected chi connectivity index (χ3v) is 7.94. The van der Waals surface area contributed by atoms with Crippen molar-refractivity contribution in [1.29, 1.82) is 0 Å². The first kappa shape index (κ1) is 28.8. The molecule has 2 amide bonds. The molecular formula is C24H14Cl2N2O10S2. The van der Waals surface area contributed by atoms with Crippen molar-refractivity contribution in [2.45, 2.75) is 12.1 Å². The molecule has 6 N–H and O–H groups in total. The second kappa shape index (κ2) is 10.7. The Morgan fingerprint density at radius 1 is 0.750 bits per heavy atom. The molecule has 0 bridgehead atoms. The average Bonchev–Trinajstić information content (AvgIpc) is 2.82. The van der Waals surface area contributed by atoms with Gasteiger partial charge in [0.2, 0.25) is 16.5 Å². The third-order valence-electron chi connectivity index (χ3n) is 5.56. The minimum Gasteiger partial charge on any atom is -0.499 e. The molecule has 0 spiro atoms. The summed E-state index contributed by atoms with van der Waals surface area (Å²) in [6.07, 6.45) is -1.47. The van der Waals surface area contributed by atoms with Gasteiger partial charge in [-0.05, 0) is 36.4 Å². The van der Waals surface area contributed by atoms with E-state index in [1.54, 1.807) is 10.6 Å². The fraction of sp³-hybridized carbons (Fsp3) is 0.0833. The lowest BCUT2D eigenvalue weighted by Crippen LogP contribution is -2.67. The van der Waals surface area contributed by atoms with Crippen LogP contribution in [0.3, 0.4) is 0 Å². The molecule has 2 aromatic heterocycles. The van der Waals surface area contributed by atoms with Gasteiger partial charge in [-0.3, -0.25) is 24.0 Å². The van der Waals surface area contributed by atoms with Crippen molar-refractivity contribution in [3.63, 3.8) is 0 Å². The van der Waals surface area contributed by atoms with Crippen LogP contribution in [0.5, 0.6) is 10.1 Å². The van der Waals surface area contributed by atoms with E-state index in [9.17, 15) is 49.2 Å². The van der Waals surface area contributed by atoms with Gasteiger partial charge in [0.25, 0.3) is 11.8 Å². The van der Waals surface area contributed by atoms with Crippen LogP contribution in [-0.2, 0) is 9.59 Å². The number of carbonyl (C=O) groups excluding carboxylic acids is 2. The minimum absolute atomic E-state index is 0.0563. The van der Waals surface area contributed by atoms with Gasteiger partial charge in [0.1, 0.15) is 11.1 Å². The van der Waals surface area contributed by atoms with Gasteiger partial charge in [-0.15, -0.1) is 0 Å². The zero-order chi connectivity index (χ0) is 29.5. The van der Waals surface area contributed by atoms with Crippen molar-refractivity contribution < 1.29 is 39.6 Å². The van der Waals surface area contributed by atoms with Crippen LogP contribution in [0.1, 0.15) is 27.1 Å². The molecule has 16 heteroatoms. The highest BCUT2D eigenvalue weighted by atomic mass is 35.5. The Hall–Kier alpha value is -4.24. The van der Waals surface area contributed by atoms with Crippen LogP contribution in [0.2, 0.25) is 10.0 Å². The Kier molecular flexibility index (Phi) is 7.72. The van der Waals surface area contributed by atoms with Crippen molar-refractivity contribution in [2.24, 2.45) is 0 Å². The van der Waals surface area contributed by atoms with E-state index in [0.717, 1.165) is 0 Å².